The fourth-order valence-corrected chi connectivity index (χ4v) is 2.66. The van der Waals surface area contributed by atoms with Crippen LogP contribution in [0.25, 0.3) is 0 Å². The van der Waals surface area contributed by atoms with E-state index in [1.165, 1.54) is 16.8 Å². The number of nitrogens with one attached hydrogen (secondary N) is 1. The minimum absolute atomic E-state index is 0.114. The van der Waals surface area contributed by atoms with Gasteiger partial charge in [-0.2, -0.15) is 0 Å². The van der Waals surface area contributed by atoms with Gasteiger partial charge >= 0.3 is 0 Å². The second-order valence-electron chi connectivity index (χ2n) is 4.69. The SMILES string of the molecule is Cc1ccsc1CNC(=O)c1cncnc1C(C)C. The lowest BCUT2D eigenvalue weighted by molar-refractivity contribution is 0.0949. The average molecular weight is 275 g/mol. The van der Waals surface area contributed by atoms with Crippen LogP contribution >= 0.6 is 11.3 Å². The van der Waals surface area contributed by atoms with E-state index in [1.54, 1.807) is 17.5 Å². The molecule has 2 heterocycles. The van der Waals surface area contributed by atoms with Gasteiger partial charge in [0.15, 0.2) is 0 Å². The van der Waals surface area contributed by atoms with Crippen molar-refractivity contribution in [1.29, 1.82) is 0 Å². The lowest BCUT2D eigenvalue weighted by atomic mass is 10.0. The van der Waals surface area contributed by atoms with Gasteiger partial charge < -0.3 is 5.32 Å². The van der Waals surface area contributed by atoms with E-state index in [1.807, 2.05) is 26.2 Å². The lowest BCUT2D eigenvalue weighted by Crippen LogP contribution is -2.24. The highest BCUT2D eigenvalue weighted by atomic mass is 32.1. The van der Waals surface area contributed by atoms with E-state index in [0.717, 1.165) is 5.69 Å². The van der Waals surface area contributed by atoms with E-state index in [9.17, 15) is 4.79 Å². The Kier molecular flexibility index (Phi) is 4.27. The molecule has 19 heavy (non-hydrogen) atoms. The number of aromatic nitrogens is 2. The van der Waals surface area contributed by atoms with Crippen LogP contribution in [0.1, 0.15) is 46.3 Å². The third kappa shape index (κ3) is 3.17. The largest absolute Gasteiger partial charge is 0.347 e. The molecule has 2 rings (SSSR count). The zero-order valence-electron chi connectivity index (χ0n) is 11.3. The summed E-state index contributed by atoms with van der Waals surface area (Å²) in [4.78, 5) is 21.5. The van der Waals surface area contributed by atoms with Gasteiger partial charge in [0, 0.05) is 11.1 Å². The Labute approximate surface area is 116 Å². The van der Waals surface area contributed by atoms with Crippen LogP contribution in [0.15, 0.2) is 24.0 Å². The van der Waals surface area contributed by atoms with E-state index >= 15 is 0 Å². The summed E-state index contributed by atoms with van der Waals surface area (Å²) in [5.41, 5.74) is 2.56. The Morgan fingerprint density at radius 1 is 1.47 bits per heavy atom. The third-order valence-corrected chi connectivity index (χ3v) is 3.94. The number of aryl methyl sites for hydroxylation is 1. The number of rotatable bonds is 4. The molecule has 0 saturated carbocycles. The van der Waals surface area contributed by atoms with Crippen LogP contribution in [0.2, 0.25) is 0 Å². The van der Waals surface area contributed by atoms with Gasteiger partial charge in [-0.3, -0.25) is 4.79 Å². The Balaban J connectivity index is 2.10. The van der Waals surface area contributed by atoms with E-state index in [0.29, 0.717) is 12.1 Å². The van der Waals surface area contributed by atoms with Crippen LogP contribution in [0.4, 0.5) is 0 Å². The van der Waals surface area contributed by atoms with Crippen molar-refractivity contribution in [1.82, 2.24) is 15.3 Å². The normalized spacial score (nSPS) is 10.7. The maximum Gasteiger partial charge on any atom is 0.255 e. The van der Waals surface area contributed by atoms with Crippen LogP contribution in [0.5, 0.6) is 0 Å². The number of nitrogens with zero attached hydrogens (tertiary/aromatic N) is 2. The second kappa shape index (κ2) is 5.93. The monoisotopic (exact) mass is 275 g/mol. The average Bonchev–Trinajstić information content (AvgIpc) is 2.81. The molecule has 0 saturated heterocycles. The Morgan fingerprint density at radius 3 is 2.89 bits per heavy atom. The van der Waals surface area contributed by atoms with Crippen molar-refractivity contribution in [2.45, 2.75) is 33.2 Å². The summed E-state index contributed by atoms with van der Waals surface area (Å²) in [6.07, 6.45) is 3.06. The molecule has 0 radical (unpaired) electrons. The molecule has 1 N–H and O–H groups in total. The highest BCUT2D eigenvalue weighted by Gasteiger charge is 2.15. The molecule has 1 amide bonds. The van der Waals surface area contributed by atoms with Gasteiger partial charge in [-0.25, -0.2) is 9.97 Å². The van der Waals surface area contributed by atoms with Crippen LogP contribution < -0.4 is 5.32 Å². The molecule has 0 unspecified atom stereocenters. The molecule has 5 heteroatoms. The van der Waals surface area contributed by atoms with Gasteiger partial charge in [-0.05, 0) is 29.9 Å². The van der Waals surface area contributed by atoms with Gasteiger partial charge in [0.05, 0.1) is 17.8 Å². The summed E-state index contributed by atoms with van der Waals surface area (Å²) in [5, 5.41) is 4.96. The molecule has 4 nitrogen and oxygen atoms in total. The fraction of sp³-hybridized carbons (Fsp3) is 0.357. The molecule has 2 aromatic rings. The van der Waals surface area contributed by atoms with Crippen molar-refractivity contribution < 1.29 is 4.79 Å². The van der Waals surface area contributed by atoms with Crippen LogP contribution in [0.3, 0.4) is 0 Å². The molecule has 2 aromatic heterocycles. The molecular formula is C14H17N3OS. The Bertz CT molecular complexity index is 578. The Morgan fingerprint density at radius 2 is 2.26 bits per heavy atom. The van der Waals surface area contributed by atoms with Gasteiger partial charge in [0.2, 0.25) is 0 Å². The highest BCUT2D eigenvalue weighted by molar-refractivity contribution is 7.10. The number of thiophene rings is 1. The van der Waals surface area contributed by atoms with Crippen molar-refractivity contribution in [3.8, 4) is 0 Å². The minimum atomic E-state index is -0.114. The van der Waals surface area contributed by atoms with Crippen molar-refractivity contribution in [3.05, 3.63) is 45.7 Å². The molecule has 0 spiro atoms. The fourth-order valence-electron chi connectivity index (χ4n) is 1.82. The molecule has 0 fully saturated rings. The van der Waals surface area contributed by atoms with Crippen molar-refractivity contribution in [3.63, 3.8) is 0 Å². The van der Waals surface area contributed by atoms with Crippen molar-refractivity contribution >= 4 is 17.2 Å². The van der Waals surface area contributed by atoms with Gasteiger partial charge in [0.1, 0.15) is 6.33 Å². The van der Waals surface area contributed by atoms with Gasteiger partial charge in [0.25, 0.3) is 5.91 Å². The van der Waals surface area contributed by atoms with Crippen LogP contribution in [-0.2, 0) is 6.54 Å². The quantitative estimate of drug-likeness (QED) is 0.933. The summed E-state index contributed by atoms with van der Waals surface area (Å²) in [6, 6.07) is 2.05. The first-order chi connectivity index (χ1) is 9.09. The molecule has 0 aliphatic rings. The molecular weight excluding hydrogens is 258 g/mol. The van der Waals surface area contributed by atoms with Crippen molar-refractivity contribution in [2.24, 2.45) is 0 Å². The predicted molar refractivity (Wildman–Crippen MR) is 76.3 cm³/mol. The molecule has 0 atom stereocenters. The summed E-state index contributed by atoms with van der Waals surface area (Å²) < 4.78 is 0. The summed E-state index contributed by atoms with van der Waals surface area (Å²) in [7, 11) is 0. The van der Waals surface area contributed by atoms with E-state index in [4.69, 9.17) is 0 Å². The van der Waals surface area contributed by atoms with E-state index < -0.39 is 0 Å². The standard InChI is InChI=1S/C14H17N3OS/c1-9(2)13-11(6-15-8-17-13)14(18)16-7-12-10(3)4-5-19-12/h4-6,8-9H,7H2,1-3H3,(H,16,18). The number of hydrogen-bond acceptors (Lipinski definition) is 4. The van der Waals surface area contributed by atoms with Crippen LogP contribution in [0, 0.1) is 6.92 Å². The summed E-state index contributed by atoms with van der Waals surface area (Å²) in [5.74, 6) is 0.0873. The lowest BCUT2D eigenvalue weighted by Gasteiger charge is -2.10. The molecule has 100 valence electrons. The number of carbonyl (C=O) groups is 1. The second-order valence-corrected chi connectivity index (χ2v) is 5.69. The summed E-state index contributed by atoms with van der Waals surface area (Å²) >= 11 is 1.65. The van der Waals surface area contributed by atoms with Crippen molar-refractivity contribution in [2.75, 3.05) is 0 Å². The third-order valence-electron chi connectivity index (χ3n) is 2.91. The predicted octanol–water partition coefficient (Wildman–Crippen LogP) is 2.90. The smallest absolute Gasteiger partial charge is 0.255 e. The minimum Gasteiger partial charge on any atom is -0.347 e. The zero-order chi connectivity index (χ0) is 13.8. The molecule has 0 aromatic carbocycles. The van der Waals surface area contributed by atoms with Gasteiger partial charge in [-0.15, -0.1) is 11.3 Å². The zero-order valence-corrected chi connectivity index (χ0v) is 12.1. The highest BCUT2D eigenvalue weighted by Crippen LogP contribution is 2.17. The molecule has 0 aliphatic carbocycles. The molecule has 0 bridgehead atoms. The number of hydrogen-bond donors (Lipinski definition) is 1. The maximum absolute atomic E-state index is 12.2. The van der Waals surface area contributed by atoms with Crippen LogP contribution in [-0.4, -0.2) is 15.9 Å². The summed E-state index contributed by atoms with van der Waals surface area (Å²) in [6.45, 7) is 6.63. The number of amides is 1. The maximum atomic E-state index is 12.2. The van der Waals surface area contributed by atoms with E-state index in [2.05, 4.69) is 21.4 Å². The first-order valence-electron chi connectivity index (χ1n) is 6.20. The Hall–Kier alpha value is -1.75. The van der Waals surface area contributed by atoms with Gasteiger partial charge in [-0.1, -0.05) is 13.8 Å². The topological polar surface area (TPSA) is 54.9 Å². The van der Waals surface area contributed by atoms with E-state index in [-0.39, 0.29) is 11.8 Å². The number of carbonyl (C=O) groups excluding carboxylic acids is 1. The molecule has 0 aliphatic heterocycles. The first-order valence-corrected chi connectivity index (χ1v) is 7.08. The first kappa shape index (κ1) is 13.7.